The lowest BCUT2D eigenvalue weighted by Crippen LogP contribution is -2.57. The summed E-state index contributed by atoms with van der Waals surface area (Å²) in [5.41, 5.74) is 2.41. The molecule has 0 unspecified atom stereocenters. The zero-order valence-electron chi connectivity index (χ0n) is 14.5. The average molecular weight is 334 g/mol. The van der Waals surface area contributed by atoms with Gasteiger partial charge in [-0.05, 0) is 51.4 Å². The molecular weight excluding hydrogens is 306 g/mol. The molecule has 0 bridgehead atoms. The van der Waals surface area contributed by atoms with Crippen LogP contribution in [0.2, 0.25) is 19.6 Å². The summed E-state index contributed by atoms with van der Waals surface area (Å²) < 4.78 is 6.47. The summed E-state index contributed by atoms with van der Waals surface area (Å²) >= 11 is 0. The smallest absolute Gasteiger partial charge is 0.218 e. The zero-order valence-corrected chi connectivity index (χ0v) is 15.5. The van der Waals surface area contributed by atoms with Gasteiger partial charge in [-0.3, -0.25) is 5.21 Å². The summed E-state index contributed by atoms with van der Waals surface area (Å²) in [4.78, 5) is 6.41. The van der Waals surface area contributed by atoms with Gasteiger partial charge in [0.1, 0.15) is 0 Å². The lowest BCUT2D eigenvalue weighted by molar-refractivity contribution is -0.788. The number of aryl methyl sites for hydroxylation is 1. The quantitative estimate of drug-likeness (QED) is 0.610. The van der Waals surface area contributed by atoms with Crippen molar-refractivity contribution >= 4 is 14.5 Å². The van der Waals surface area contributed by atoms with Crippen molar-refractivity contribution in [3.8, 4) is 0 Å². The van der Waals surface area contributed by atoms with Gasteiger partial charge in [0.05, 0.1) is 5.92 Å². The van der Waals surface area contributed by atoms with E-state index in [1.54, 1.807) is 6.21 Å². The summed E-state index contributed by atoms with van der Waals surface area (Å²) in [6, 6.07) is 8.47. The lowest BCUT2D eigenvalue weighted by Gasteiger charge is -2.51. The van der Waals surface area contributed by atoms with Crippen LogP contribution in [0.25, 0.3) is 0 Å². The van der Waals surface area contributed by atoms with Gasteiger partial charge in [0.15, 0.2) is 14.1 Å². The Morgan fingerprint density at radius 1 is 1.22 bits per heavy atom. The maximum atomic E-state index is 12.2. The molecule has 0 saturated heterocycles. The van der Waals surface area contributed by atoms with Crippen molar-refractivity contribution in [1.82, 2.24) is 0 Å². The molecule has 0 N–H and O–H groups in total. The molecule has 1 aliphatic carbocycles. The third-order valence-corrected chi connectivity index (χ3v) is 5.71. The van der Waals surface area contributed by atoms with Crippen LogP contribution >= 0.6 is 0 Å². The Morgan fingerprint density at radius 3 is 2.57 bits per heavy atom. The fourth-order valence-electron chi connectivity index (χ4n) is 3.90. The number of rotatable bonds is 3. The summed E-state index contributed by atoms with van der Waals surface area (Å²) in [5.74, 6) is -0.496. The summed E-state index contributed by atoms with van der Waals surface area (Å²) in [7, 11) is -1.84. The molecule has 5 heteroatoms. The zero-order chi connectivity index (χ0) is 16.7. The first-order chi connectivity index (χ1) is 10.8. The third kappa shape index (κ3) is 3.45. The van der Waals surface area contributed by atoms with Crippen LogP contribution in [0.1, 0.15) is 42.7 Å². The highest BCUT2D eigenvalue weighted by molar-refractivity contribution is 6.69. The topological polar surface area (TPSA) is 44.5 Å². The Morgan fingerprint density at radius 2 is 1.91 bits per heavy atom. The van der Waals surface area contributed by atoms with Gasteiger partial charge < -0.3 is 9.26 Å². The molecule has 0 spiro atoms. The van der Waals surface area contributed by atoms with E-state index in [2.05, 4.69) is 50.8 Å². The molecule has 3 rings (SSSR count). The monoisotopic (exact) mass is 333 g/mol. The Kier molecular flexibility index (Phi) is 4.27. The van der Waals surface area contributed by atoms with E-state index in [-0.39, 0.29) is 11.8 Å². The van der Waals surface area contributed by atoms with Crippen LogP contribution in [-0.2, 0) is 9.26 Å². The van der Waals surface area contributed by atoms with Gasteiger partial charge in [-0.25, -0.2) is 0 Å². The van der Waals surface area contributed by atoms with Crippen molar-refractivity contribution in [2.24, 2.45) is 5.92 Å². The van der Waals surface area contributed by atoms with Crippen molar-refractivity contribution in [3.05, 3.63) is 40.6 Å². The molecule has 1 aliphatic heterocycles. The van der Waals surface area contributed by atoms with E-state index in [1.807, 2.05) is 0 Å². The van der Waals surface area contributed by atoms with Crippen LogP contribution in [0.5, 0.6) is 0 Å². The molecule has 4 nitrogen and oxygen atoms in total. The first kappa shape index (κ1) is 16.5. The van der Waals surface area contributed by atoms with Gasteiger partial charge in [0.2, 0.25) is 6.21 Å². The Hall–Kier alpha value is -1.33. The Labute approximate surface area is 139 Å². The predicted octanol–water partition coefficient (Wildman–Crippen LogP) is 4.34. The first-order valence-corrected chi connectivity index (χ1v) is 12.0. The SMILES string of the molecule is Cc1ccc([C@H]2C=[N+]([O-])O[C@@]3(O[Si](C)(C)C)CCCC[C@H]23)cc1. The van der Waals surface area contributed by atoms with Gasteiger partial charge in [-0.2, -0.15) is 0 Å². The van der Waals surface area contributed by atoms with E-state index in [1.165, 1.54) is 17.5 Å². The van der Waals surface area contributed by atoms with Crippen molar-refractivity contribution in [3.63, 3.8) is 0 Å². The fourth-order valence-corrected chi connectivity index (χ4v) is 5.22. The van der Waals surface area contributed by atoms with Crippen LogP contribution in [0.15, 0.2) is 24.3 Å². The summed E-state index contributed by atoms with van der Waals surface area (Å²) in [5, 5.41) is 12.2. The Bertz CT molecular complexity index is 593. The van der Waals surface area contributed by atoms with Crippen molar-refractivity contribution in [1.29, 1.82) is 0 Å². The number of fused-ring (bicyclic) bond motifs is 1. The molecule has 0 aromatic heterocycles. The highest BCUT2D eigenvalue weighted by atomic mass is 28.4. The molecule has 3 atom stereocenters. The number of nitrogens with zero attached hydrogens (tertiary/aromatic N) is 1. The minimum absolute atomic E-state index is 0.0542. The number of benzene rings is 1. The minimum Gasteiger partial charge on any atom is -0.398 e. The van der Waals surface area contributed by atoms with Crippen LogP contribution in [0, 0.1) is 18.0 Å². The molecule has 0 radical (unpaired) electrons. The van der Waals surface area contributed by atoms with Crippen molar-refractivity contribution in [2.75, 3.05) is 0 Å². The second-order valence-electron chi connectivity index (χ2n) is 7.84. The Balaban J connectivity index is 2.00. The largest absolute Gasteiger partial charge is 0.398 e. The van der Waals surface area contributed by atoms with Gasteiger partial charge in [-0.15, -0.1) is 0 Å². The second-order valence-corrected chi connectivity index (χ2v) is 12.3. The highest BCUT2D eigenvalue weighted by Gasteiger charge is 2.52. The number of hydrogen-bond donors (Lipinski definition) is 0. The molecule has 1 fully saturated rings. The summed E-state index contributed by atoms with van der Waals surface area (Å²) in [6.07, 6.45) is 5.73. The molecule has 1 saturated carbocycles. The van der Waals surface area contributed by atoms with Gasteiger partial charge >= 0.3 is 0 Å². The van der Waals surface area contributed by atoms with Crippen molar-refractivity contribution in [2.45, 2.75) is 64.0 Å². The van der Waals surface area contributed by atoms with E-state index in [0.717, 1.165) is 19.3 Å². The molecule has 23 heavy (non-hydrogen) atoms. The normalized spacial score (nSPS) is 31.0. The third-order valence-electron chi connectivity index (χ3n) is 4.76. The molecule has 1 aromatic rings. The van der Waals surface area contributed by atoms with Gasteiger partial charge in [0.25, 0.3) is 0 Å². The van der Waals surface area contributed by atoms with Crippen LogP contribution < -0.4 is 0 Å². The van der Waals surface area contributed by atoms with E-state index >= 15 is 0 Å². The van der Waals surface area contributed by atoms with Crippen molar-refractivity contribution < 1.29 is 14.2 Å². The standard InChI is InChI=1S/C18H27NO3Si/c1-14-8-10-15(11-9-14)16-13-19(20)21-18(22-23(2,3)4)12-6-5-7-17(16)18/h8-11,13,16-17H,5-7,12H2,1-4H3/t16-,17-,18-/m1/s1. The lowest BCUT2D eigenvalue weighted by atomic mass is 9.73. The van der Waals surface area contributed by atoms with E-state index < -0.39 is 14.1 Å². The van der Waals surface area contributed by atoms with Crippen LogP contribution in [0.4, 0.5) is 0 Å². The van der Waals surface area contributed by atoms with Gasteiger partial charge in [-0.1, -0.05) is 36.2 Å². The number of hydrogen-bond acceptors (Lipinski definition) is 3. The average Bonchev–Trinajstić information content (AvgIpc) is 2.44. The second kappa shape index (κ2) is 5.95. The van der Waals surface area contributed by atoms with E-state index in [0.29, 0.717) is 4.90 Å². The van der Waals surface area contributed by atoms with E-state index in [9.17, 15) is 5.21 Å². The fraction of sp³-hybridized carbons (Fsp3) is 0.611. The van der Waals surface area contributed by atoms with Crippen LogP contribution in [-0.4, -0.2) is 25.2 Å². The highest BCUT2D eigenvalue weighted by Crippen LogP contribution is 2.48. The maximum absolute atomic E-state index is 12.2. The molecular formula is C18H27NO3Si. The first-order valence-electron chi connectivity index (χ1n) is 8.56. The van der Waals surface area contributed by atoms with Crippen LogP contribution in [0.3, 0.4) is 0 Å². The molecule has 2 aliphatic rings. The minimum atomic E-state index is -1.84. The summed E-state index contributed by atoms with van der Waals surface area (Å²) in [6.45, 7) is 8.55. The molecule has 1 heterocycles. The molecule has 126 valence electrons. The molecule has 0 amide bonds. The molecule has 1 aromatic carbocycles. The van der Waals surface area contributed by atoms with E-state index in [4.69, 9.17) is 9.26 Å². The van der Waals surface area contributed by atoms with Gasteiger partial charge in [0, 0.05) is 10.8 Å². The maximum Gasteiger partial charge on any atom is 0.218 e. The predicted molar refractivity (Wildman–Crippen MR) is 93.8 cm³/mol.